The Labute approximate surface area is 115 Å². The third-order valence-electron chi connectivity index (χ3n) is 3.19. The number of aliphatic hydroxyl groups excluding tert-OH is 1. The van der Waals surface area contributed by atoms with E-state index in [1.165, 1.54) is 29.1 Å². The molecule has 1 aromatic rings. The average molecular weight is 283 g/mol. The minimum atomic E-state index is -1.19. The molecule has 1 atom stereocenters. The van der Waals surface area contributed by atoms with Gasteiger partial charge in [-0.05, 0) is 19.1 Å². The van der Waals surface area contributed by atoms with Gasteiger partial charge in [0, 0.05) is 18.9 Å². The number of carbonyl (C=O) groups is 1. The average Bonchev–Trinajstić information content (AvgIpc) is 2.46. The molecule has 1 aliphatic heterocycles. The van der Waals surface area contributed by atoms with E-state index < -0.39 is 5.60 Å². The highest BCUT2D eigenvalue weighted by Crippen LogP contribution is 2.22. The molecule has 0 saturated carbocycles. The predicted molar refractivity (Wildman–Crippen MR) is 71.0 cm³/mol. The first-order chi connectivity index (χ1) is 9.08. The lowest BCUT2D eigenvalue weighted by Crippen LogP contribution is -2.52. The third-order valence-corrected chi connectivity index (χ3v) is 3.77. The van der Waals surface area contributed by atoms with E-state index in [9.17, 15) is 15.0 Å². The van der Waals surface area contributed by atoms with E-state index in [0.717, 1.165) is 0 Å². The van der Waals surface area contributed by atoms with Gasteiger partial charge in [-0.2, -0.15) is 0 Å². The van der Waals surface area contributed by atoms with E-state index in [0.29, 0.717) is 30.1 Å². The van der Waals surface area contributed by atoms with E-state index in [4.69, 9.17) is 0 Å². The van der Waals surface area contributed by atoms with Crippen LogP contribution in [0.2, 0.25) is 0 Å². The molecular formula is C12H17N3O3S. The quantitative estimate of drug-likeness (QED) is 0.607. The van der Waals surface area contributed by atoms with Crippen molar-refractivity contribution in [3.8, 4) is 0 Å². The Hall–Kier alpha value is -1.18. The maximum Gasteiger partial charge on any atom is 0.257 e. The monoisotopic (exact) mass is 283 g/mol. The van der Waals surface area contributed by atoms with E-state index >= 15 is 0 Å². The standard InChI is InChI=1S/C12H17N3O3S/c1-19-11-13-5-9(6-14-11)10(17)15-4-2-3-12(18,7-15)8-16/h5-6,16,18H,2-4,7-8H2,1H3/t12-/m1/s1. The minimum Gasteiger partial charge on any atom is -0.393 e. The number of thioether (sulfide) groups is 1. The van der Waals surface area contributed by atoms with Crippen molar-refractivity contribution >= 4 is 17.7 Å². The first-order valence-electron chi connectivity index (χ1n) is 6.06. The fourth-order valence-corrected chi connectivity index (χ4v) is 2.45. The molecule has 1 amide bonds. The molecule has 104 valence electrons. The van der Waals surface area contributed by atoms with Crippen LogP contribution in [-0.2, 0) is 0 Å². The zero-order valence-corrected chi connectivity index (χ0v) is 11.6. The topological polar surface area (TPSA) is 86.6 Å². The van der Waals surface area contributed by atoms with Crippen molar-refractivity contribution in [2.75, 3.05) is 26.0 Å². The maximum atomic E-state index is 12.2. The van der Waals surface area contributed by atoms with Crippen molar-refractivity contribution in [2.24, 2.45) is 0 Å². The second kappa shape index (κ2) is 5.85. The summed E-state index contributed by atoms with van der Waals surface area (Å²) in [5.74, 6) is -0.209. The Morgan fingerprint density at radius 1 is 1.53 bits per heavy atom. The van der Waals surface area contributed by atoms with Crippen LogP contribution in [-0.4, -0.2) is 62.5 Å². The van der Waals surface area contributed by atoms with Gasteiger partial charge in [0.15, 0.2) is 5.16 Å². The summed E-state index contributed by atoms with van der Waals surface area (Å²) in [7, 11) is 0. The molecule has 0 aliphatic carbocycles. The number of piperidine rings is 1. The van der Waals surface area contributed by atoms with Crippen molar-refractivity contribution in [1.82, 2.24) is 14.9 Å². The summed E-state index contributed by atoms with van der Waals surface area (Å²) in [6.45, 7) is 0.386. The molecule has 2 N–H and O–H groups in total. The van der Waals surface area contributed by atoms with Crippen molar-refractivity contribution < 1.29 is 15.0 Å². The summed E-state index contributed by atoms with van der Waals surface area (Å²) in [6.07, 6.45) is 6.03. The van der Waals surface area contributed by atoms with Crippen LogP contribution in [0.4, 0.5) is 0 Å². The minimum absolute atomic E-state index is 0.145. The van der Waals surface area contributed by atoms with Gasteiger partial charge < -0.3 is 15.1 Å². The van der Waals surface area contributed by atoms with Crippen molar-refractivity contribution in [1.29, 1.82) is 0 Å². The molecule has 1 fully saturated rings. The van der Waals surface area contributed by atoms with Gasteiger partial charge in [-0.25, -0.2) is 9.97 Å². The van der Waals surface area contributed by atoms with Crippen LogP contribution in [0.5, 0.6) is 0 Å². The largest absolute Gasteiger partial charge is 0.393 e. The van der Waals surface area contributed by atoms with Crippen molar-refractivity contribution in [3.05, 3.63) is 18.0 Å². The molecule has 2 rings (SSSR count). The summed E-state index contributed by atoms with van der Waals surface area (Å²) in [5, 5.41) is 19.8. The molecule has 0 aromatic carbocycles. The summed E-state index contributed by atoms with van der Waals surface area (Å²) in [6, 6.07) is 0. The highest BCUT2D eigenvalue weighted by Gasteiger charge is 2.35. The normalized spacial score (nSPS) is 23.4. The number of aliphatic hydroxyl groups is 2. The van der Waals surface area contributed by atoms with Crippen molar-refractivity contribution in [3.63, 3.8) is 0 Å². The summed E-state index contributed by atoms with van der Waals surface area (Å²) >= 11 is 1.41. The molecule has 0 radical (unpaired) electrons. The number of β-amino-alcohol motifs (C(OH)–C–C–N with tert-alkyl or cyclic N) is 1. The molecule has 7 heteroatoms. The Balaban J connectivity index is 2.10. The highest BCUT2D eigenvalue weighted by molar-refractivity contribution is 7.98. The number of aromatic nitrogens is 2. The number of hydrogen-bond acceptors (Lipinski definition) is 6. The number of nitrogens with zero attached hydrogens (tertiary/aromatic N) is 3. The molecular weight excluding hydrogens is 266 g/mol. The van der Waals surface area contributed by atoms with Crippen LogP contribution in [0.25, 0.3) is 0 Å². The van der Waals surface area contributed by atoms with Crippen LogP contribution in [0.15, 0.2) is 17.6 Å². The lowest BCUT2D eigenvalue weighted by atomic mass is 9.93. The number of rotatable bonds is 3. The first-order valence-corrected chi connectivity index (χ1v) is 7.29. The smallest absolute Gasteiger partial charge is 0.257 e. The van der Waals surface area contributed by atoms with Gasteiger partial charge in [0.25, 0.3) is 5.91 Å². The SMILES string of the molecule is CSc1ncc(C(=O)N2CCC[C@](O)(CO)C2)cn1. The number of carbonyl (C=O) groups excluding carboxylic acids is 1. The van der Waals surface area contributed by atoms with Crippen LogP contribution in [0.3, 0.4) is 0 Å². The van der Waals surface area contributed by atoms with Gasteiger partial charge in [-0.1, -0.05) is 11.8 Å². The summed E-state index contributed by atoms with van der Waals surface area (Å²) in [4.78, 5) is 21.9. The van der Waals surface area contributed by atoms with E-state index in [1.807, 2.05) is 6.26 Å². The van der Waals surface area contributed by atoms with Crippen LogP contribution in [0, 0.1) is 0 Å². The number of hydrogen-bond donors (Lipinski definition) is 2. The lowest BCUT2D eigenvalue weighted by Gasteiger charge is -2.37. The van der Waals surface area contributed by atoms with E-state index in [1.54, 1.807) is 0 Å². The molecule has 19 heavy (non-hydrogen) atoms. The van der Waals surface area contributed by atoms with Gasteiger partial charge in [-0.15, -0.1) is 0 Å². The second-order valence-corrected chi connectivity index (χ2v) is 5.44. The van der Waals surface area contributed by atoms with Gasteiger partial charge in [0.2, 0.25) is 0 Å². The van der Waals surface area contributed by atoms with Crippen LogP contribution in [0.1, 0.15) is 23.2 Å². The molecule has 0 bridgehead atoms. The zero-order valence-electron chi connectivity index (χ0n) is 10.7. The molecule has 0 spiro atoms. The highest BCUT2D eigenvalue weighted by atomic mass is 32.2. The predicted octanol–water partition coefficient (Wildman–Crippen LogP) is 0.158. The van der Waals surface area contributed by atoms with Gasteiger partial charge in [0.05, 0.1) is 18.7 Å². The summed E-state index contributed by atoms with van der Waals surface area (Å²) < 4.78 is 0. The number of amides is 1. The fraction of sp³-hybridized carbons (Fsp3) is 0.583. The summed E-state index contributed by atoms with van der Waals surface area (Å²) in [5.41, 5.74) is -0.784. The molecule has 6 nitrogen and oxygen atoms in total. The Morgan fingerprint density at radius 3 is 2.79 bits per heavy atom. The Kier molecular flexibility index (Phi) is 4.38. The van der Waals surface area contributed by atoms with E-state index in [2.05, 4.69) is 9.97 Å². The van der Waals surface area contributed by atoms with Crippen LogP contribution >= 0.6 is 11.8 Å². The lowest BCUT2D eigenvalue weighted by molar-refractivity contribution is -0.0598. The van der Waals surface area contributed by atoms with Gasteiger partial charge in [-0.3, -0.25) is 4.79 Å². The molecule has 1 aromatic heterocycles. The fourth-order valence-electron chi connectivity index (χ4n) is 2.13. The molecule has 0 unspecified atom stereocenters. The van der Waals surface area contributed by atoms with Gasteiger partial charge >= 0.3 is 0 Å². The van der Waals surface area contributed by atoms with Crippen molar-refractivity contribution in [2.45, 2.75) is 23.6 Å². The van der Waals surface area contributed by atoms with E-state index in [-0.39, 0.29) is 19.1 Å². The van der Waals surface area contributed by atoms with Gasteiger partial charge in [0.1, 0.15) is 5.60 Å². The van der Waals surface area contributed by atoms with Crippen LogP contribution < -0.4 is 0 Å². The zero-order chi connectivity index (χ0) is 13.9. The first kappa shape index (κ1) is 14.2. The second-order valence-electron chi connectivity index (χ2n) is 4.67. The number of likely N-dealkylation sites (tertiary alicyclic amines) is 1. The molecule has 2 heterocycles. The third kappa shape index (κ3) is 3.23. The molecule has 1 saturated heterocycles. The Bertz CT molecular complexity index is 454. The Morgan fingerprint density at radius 2 is 2.21 bits per heavy atom. The molecule has 1 aliphatic rings. The maximum absolute atomic E-state index is 12.2.